The van der Waals surface area contributed by atoms with E-state index in [0.717, 1.165) is 53.9 Å². The van der Waals surface area contributed by atoms with Crippen molar-refractivity contribution in [1.82, 2.24) is 0 Å². The number of aryl methyl sites for hydroxylation is 1. The molecule has 1 aromatic carbocycles. The third-order valence-electron chi connectivity index (χ3n) is 8.28. The molecule has 6 unspecified atom stereocenters. The highest BCUT2D eigenvalue weighted by Crippen LogP contribution is 2.54. The summed E-state index contributed by atoms with van der Waals surface area (Å²) >= 11 is 0. The van der Waals surface area contributed by atoms with E-state index in [2.05, 4.69) is 6.92 Å². The molecule has 4 rings (SSSR count). The zero-order valence-electron chi connectivity index (χ0n) is 16.9. The lowest BCUT2D eigenvalue weighted by Gasteiger charge is -2.51. The SMILES string of the molecule is CCCC1CCC2C(CCC3CC(CCc4ccc(F)c(F)c4)CCC32)C1. The van der Waals surface area contributed by atoms with Crippen LogP contribution in [-0.2, 0) is 6.42 Å². The van der Waals surface area contributed by atoms with Gasteiger partial charge >= 0.3 is 0 Å². The van der Waals surface area contributed by atoms with Crippen molar-refractivity contribution in [2.24, 2.45) is 35.5 Å². The minimum Gasteiger partial charge on any atom is -0.204 e. The van der Waals surface area contributed by atoms with E-state index >= 15 is 0 Å². The van der Waals surface area contributed by atoms with Gasteiger partial charge in [-0.25, -0.2) is 8.78 Å². The van der Waals surface area contributed by atoms with Gasteiger partial charge in [-0.3, -0.25) is 0 Å². The Bertz CT molecular complexity index is 625. The molecule has 0 amide bonds. The number of hydrogen-bond acceptors (Lipinski definition) is 0. The summed E-state index contributed by atoms with van der Waals surface area (Å²) in [6.45, 7) is 2.34. The van der Waals surface area contributed by atoms with Gasteiger partial charge in [0.1, 0.15) is 0 Å². The third-order valence-corrected chi connectivity index (χ3v) is 8.28. The Morgan fingerprint density at radius 1 is 0.778 bits per heavy atom. The molecule has 2 heteroatoms. The van der Waals surface area contributed by atoms with Gasteiger partial charge in [0.05, 0.1) is 0 Å². The zero-order valence-corrected chi connectivity index (χ0v) is 16.9. The van der Waals surface area contributed by atoms with Gasteiger partial charge in [-0.2, -0.15) is 0 Å². The molecule has 6 atom stereocenters. The van der Waals surface area contributed by atoms with Gasteiger partial charge < -0.3 is 0 Å². The molecule has 0 aliphatic heterocycles. The smallest absolute Gasteiger partial charge is 0.159 e. The van der Waals surface area contributed by atoms with Crippen LogP contribution in [0.2, 0.25) is 0 Å². The third kappa shape index (κ3) is 4.40. The molecule has 0 spiro atoms. The Kier molecular flexibility index (Phi) is 6.19. The molecule has 3 aliphatic carbocycles. The molecule has 0 radical (unpaired) electrons. The largest absolute Gasteiger partial charge is 0.204 e. The summed E-state index contributed by atoms with van der Waals surface area (Å²) in [5, 5.41) is 0. The topological polar surface area (TPSA) is 0 Å². The lowest BCUT2D eigenvalue weighted by molar-refractivity contribution is -0.00405. The van der Waals surface area contributed by atoms with Gasteiger partial charge in [-0.15, -0.1) is 0 Å². The normalized spacial score (nSPS) is 36.1. The molecule has 1 aromatic rings. The number of fused-ring (bicyclic) bond motifs is 3. The molecule has 0 saturated heterocycles. The summed E-state index contributed by atoms with van der Waals surface area (Å²) in [4.78, 5) is 0. The van der Waals surface area contributed by atoms with Crippen LogP contribution in [0.1, 0.15) is 83.1 Å². The maximum absolute atomic E-state index is 13.4. The summed E-state index contributed by atoms with van der Waals surface area (Å²) in [6.07, 6.45) is 16.4. The molecule has 27 heavy (non-hydrogen) atoms. The Labute approximate surface area is 164 Å². The van der Waals surface area contributed by atoms with Crippen LogP contribution in [-0.4, -0.2) is 0 Å². The lowest BCUT2D eigenvalue weighted by Crippen LogP contribution is -2.41. The molecule has 0 bridgehead atoms. The van der Waals surface area contributed by atoms with Crippen LogP contribution < -0.4 is 0 Å². The highest BCUT2D eigenvalue weighted by molar-refractivity contribution is 5.18. The zero-order chi connectivity index (χ0) is 18.8. The van der Waals surface area contributed by atoms with E-state index in [1.54, 1.807) is 6.07 Å². The second kappa shape index (κ2) is 8.62. The van der Waals surface area contributed by atoms with E-state index in [1.807, 2.05) is 0 Å². The molecular formula is C25H36F2. The summed E-state index contributed by atoms with van der Waals surface area (Å²) in [6, 6.07) is 4.42. The second-order valence-corrected chi connectivity index (χ2v) is 9.86. The highest BCUT2D eigenvalue weighted by atomic mass is 19.2. The highest BCUT2D eigenvalue weighted by Gasteiger charge is 2.44. The van der Waals surface area contributed by atoms with Crippen LogP contribution in [0.5, 0.6) is 0 Å². The fourth-order valence-electron chi connectivity index (χ4n) is 6.99. The Hall–Kier alpha value is -0.920. The van der Waals surface area contributed by atoms with Crippen molar-refractivity contribution in [3.8, 4) is 0 Å². The molecule has 3 aliphatic rings. The van der Waals surface area contributed by atoms with E-state index in [9.17, 15) is 8.78 Å². The van der Waals surface area contributed by atoms with E-state index in [0.29, 0.717) is 0 Å². The van der Waals surface area contributed by atoms with Crippen molar-refractivity contribution >= 4 is 0 Å². The van der Waals surface area contributed by atoms with E-state index in [4.69, 9.17) is 0 Å². The lowest BCUT2D eigenvalue weighted by atomic mass is 9.55. The predicted molar refractivity (Wildman–Crippen MR) is 107 cm³/mol. The minimum absolute atomic E-state index is 0.701. The minimum atomic E-state index is -0.732. The van der Waals surface area contributed by atoms with Crippen LogP contribution in [0.15, 0.2) is 18.2 Å². The van der Waals surface area contributed by atoms with Crippen LogP contribution in [0.25, 0.3) is 0 Å². The van der Waals surface area contributed by atoms with Crippen molar-refractivity contribution in [2.75, 3.05) is 0 Å². The first-order valence-corrected chi connectivity index (χ1v) is 11.6. The van der Waals surface area contributed by atoms with Gasteiger partial charge in [-0.1, -0.05) is 38.7 Å². The molecule has 0 N–H and O–H groups in total. The summed E-state index contributed by atoms with van der Waals surface area (Å²) in [5.74, 6) is 4.34. The fraction of sp³-hybridized carbons (Fsp3) is 0.760. The van der Waals surface area contributed by atoms with Crippen molar-refractivity contribution in [1.29, 1.82) is 0 Å². The average Bonchev–Trinajstić information content (AvgIpc) is 2.68. The standard InChI is InChI=1S/C25H36F2/c1-2-3-17-6-11-22-20(14-17)9-10-21-15-18(7-12-23(21)22)4-5-19-8-13-24(26)25(27)16-19/h8,13,16-18,20-23H,2-7,9-12,14-15H2,1H3. The van der Waals surface area contributed by atoms with E-state index < -0.39 is 11.6 Å². The van der Waals surface area contributed by atoms with Crippen LogP contribution in [0.3, 0.4) is 0 Å². The fourth-order valence-corrected chi connectivity index (χ4v) is 6.99. The first-order valence-electron chi connectivity index (χ1n) is 11.6. The van der Waals surface area contributed by atoms with Crippen molar-refractivity contribution in [3.63, 3.8) is 0 Å². The molecule has 3 saturated carbocycles. The van der Waals surface area contributed by atoms with Gasteiger partial charge in [-0.05, 0) is 105 Å². The average molecular weight is 375 g/mol. The van der Waals surface area contributed by atoms with Crippen LogP contribution in [0.4, 0.5) is 8.78 Å². The monoisotopic (exact) mass is 374 g/mol. The second-order valence-electron chi connectivity index (χ2n) is 9.86. The Morgan fingerprint density at radius 3 is 2.00 bits per heavy atom. The molecule has 0 nitrogen and oxygen atoms in total. The Morgan fingerprint density at radius 2 is 1.41 bits per heavy atom. The van der Waals surface area contributed by atoms with Gasteiger partial charge in [0, 0.05) is 0 Å². The van der Waals surface area contributed by atoms with Crippen molar-refractivity contribution in [3.05, 3.63) is 35.4 Å². The van der Waals surface area contributed by atoms with Crippen molar-refractivity contribution < 1.29 is 8.78 Å². The van der Waals surface area contributed by atoms with Crippen LogP contribution in [0, 0.1) is 47.1 Å². The predicted octanol–water partition coefficient (Wildman–Crippen LogP) is 7.56. The van der Waals surface area contributed by atoms with Gasteiger partial charge in [0.25, 0.3) is 0 Å². The Balaban J connectivity index is 1.29. The molecule has 0 heterocycles. The molecule has 150 valence electrons. The van der Waals surface area contributed by atoms with Crippen LogP contribution >= 0.6 is 0 Å². The van der Waals surface area contributed by atoms with Crippen molar-refractivity contribution in [2.45, 2.75) is 84.0 Å². The van der Waals surface area contributed by atoms with Gasteiger partial charge in [0.15, 0.2) is 11.6 Å². The van der Waals surface area contributed by atoms with E-state index in [1.165, 1.54) is 76.3 Å². The maximum Gasteiger partial charge on any atom is 0.159 e. The molecular weight excluding hydrogens is 338 g/mol. The number of benzene rings is 1. The molecule has 3 fully saturated rings. The summed E-state index contributed by atoms with van der Waals surface area (Å²) in [5.41, 5.74) is 0.953. The molecule has 0 aromatic heterocycles. The van der Waals surface area contributed by atoms with E-state index in [-0.39, 0.29) is 0 Å². The van der Waals surface area contributed by atoms with Gasteiger partial charge in [0.2, 0.25) is 0 Å². The number of halogens is 2. The number of hydrogen-bond donors (Lipinski definition) is 0. The summed E-state index contributed by atoms with van der Waals surface area (Å²) in [7, 11) is 0. The first-order chi connectivity index (χ1) is 13.1. The number of rotatable bonds is 5. The first kappa shape index (κ1) is 19.4. The maximum atomic E-state index is 13.4. The quantitative estimate of drug-likeness (QED) is 0.499. The summed E-state index contributed by atoms with van der Waals surface area (Å²) < 4.78 is 26.5.